The van der Waals surface area contributed by atoms with Gasteiger partial charge >= 0.3 is 6.03 Å². The molecule has 0 saturated carbocycles. The van der Waals surface area contributed by atoms with Crippen molar-refractivity contribution in [1.29, 1.82) is 0 Å². The summed E-state index contributed by atoms with van der Waals surface area (Å²) < 4.78 is 1.07. The fourth-order valence-corrected chi connectivity index (χ4v) is 2.80. The molecule has 2 N–H and O–H groups in total. The smallest absolute Gasteiger partial charge is 0.321 e. The van der Waals surface area contributed by atoms with Gasteiger partial charge in [-0.15, -0.1) is 0 Å². The van der Waals surface area contributed by atoms with Crippen molar-refractivity contribution in [3.05, 3.63) is 58.6 Å². The third kappa shape index (κ3) is 3.36. The van der Waals surface area contributed by atoms with E-state index < -0.39 is 0 Å². The minimum Gasteiger partial charge on any atom is -0.381 e. The number of amides is 2. The molecule has 3 rings (SSSR count). The van der Waals surface area contributed by atoms with Crippen molar-refractivity contribution in [3.8, 4) is 0 Å². The third-order valence-corrected chi connectivity index (χ3v) is 3.89. The molecule has 2 aromatic rings. The van der Waals surface area contributed by atoms with Crippen LogP contribution in [0.5, 0.6) is 0 Å². The Labute approximate surface area is 132 Å². The zero-order chi connectivity index (χ0) is 14.7. The van der Waals surface area contributed by atoms with Gasteiger partial charge in [-0.1, -0.05) is 34.1 Å². The highest BCUT2D eigenvalue weighted by Crippen LogP contribution is 2.21. The number of anilines is 2. The molecule has 1 fully saturated rings. The number of hydrogen-bond donors (Lipinski definition) is 2. The molecule has 0 aromatic heterocycles. The molecule has 1 saturated heterocycles. The van der Waals surface area contributed by atoms with E-state index in [9.17, 15) is 4.79 Å². The molecule has 0 spiro atoms. The van der Waals surface area contributed by atoms with Gasteiger partial charge in [0.25, 0.3) is 0 Å². The van der Waals surface area contributed by atoms with E-state index in [0.29, 0.717) is 13.1 Å². The molecule has 108 valence electrons. The van der Waals surface area contributed by atoms with Crippen LogP contribution in [0.1, 0.15) is 5.56 Å². The van der Waals surface area contributed by atoms with Crippen LogP contribution in [0.25, 0.3) is 0 Å². The van der Waals surface area contributed by atoms with Crippen LogP contribution in [-0.2, 0) is 6.54 Å². The fourth-order valence-electron chi connectivity index (χ4n) is 2.35. The summed E-state index contributed by atoms with van der Waals surface area (Å²) in [5.74, 6) is 0. The first-order chi connectivity index (χ1) is 10.2. The highest BCUT2D eigenvalue weighted by atomic mass is 79.9. The van der Waals surface area contributed by atoms with Crippen molar-refractivity contribution in [3.63, 3.8) is 0 Å². The van der Waals surface area contributed by atoms with Crippen LogP contribution in [0.15, 0.2) is 53.0 Å². The molecular formula is C16H16BrN3O. The number of halogens is 1. The minimum absolute atomic E-state index is 0.0286. The van der Waals surface area contributed by atoms with Crippen LogP contribution in [0.4, 0.5) is 16.2 Å². The summed E-state index contributed by atoms with van der Waals surface area (Å²) in [6, 6.07) is 16.1. The van der Waals surface area contributed by atoms with Gasteiger partial charge in [-0.05, 0) is 35.9 Å². The molecule has 5 heteroatoms. The van der Waals surface area contributed by atoms with Gasteiger partial charge in [-0.2, -0.15) is 0 Å². The van der Waals surface area contributed by atoms with Crippen LogP contribution >= 0.6 is 15.9 Å². The first-order valence-corrected chi connectivity index (χ1v) is 7.65. The lowest BCUT2D eigenvalue weighted by atomic mass is 10.2. The van der Waals surface area contributed by atoms with Crippen LogP contribution in [0, 0.1) is 0 Å². The van der Waals surface area contributed by atoms with Crippen molar-refractivity contribution in [1.82, 2.24) is 5.32 Å². The molecule has 2 amide bonds. The van der Waals surface area contributed by atoms with Crippen LogP contribution in [-0.4, -0.2) is 19.1 Å². The van der Waals surface area contributed by atoms with E-state index in [4.69, 9.17) is 0 Å². The zero-order valence-corrected chi connectivity index (χ0v) is 13.1. The van der Waals surface area contributed by atoms with Crippen LogP contribution in [0.3, 0.4) is 0 Å². The van der Waals surface area contributed by atoms with E-state index in [-0.39, 0.29) is 6.03 Å². The number of urea groups is 1. The van der Waals surface area contributed by atoms with Crippen molar-refractivity contribution in [2.24, 2.45) is 0 Å². The number of carbonyl (C=O) groups excluding carboxylic acids is 1. The molecule has 0 radical (unpaired) electrons. The summed E-state index contributed by atoms with van der Waals surface area (Å²) in [6.45, 7) is 2.16. The quantitative estimate of drug-likeness (QED) is 0.889. The van der Waals surface area contributed by atoms with Gasteiger partial charge in [0.2, 0.25) is 0 Å². The first kappa shape index (κ1) is 13.9. The number of nitrogens with zero attached hydrogens (tertiary/aromatic N) is 1. The van der Waals surface area contributed by atoms with Crippen molar-refractivity contribution >= 4 is 33.3 Å². The average molecular weight is 346 g/mol. The van der Waals surface area contributed by atoms with Gasteiger partial charge in [0.1, 0.15) is 0 Å². The van der Waals surface area contributed by atoms with Gasteiger partial charge in [-0.3, -0.25) is 4.90 Å². The maximum Gasteiger partial charge on any atom is 0.321 e. The van der Waals surface area contributed by atoms with Gasteiger partial charge < -0.3 is 10.6 Å². The lowest BCUT2D eigenvalue weighted by Gasteiger charge is -2.16. The molecule has 0 atom stereocenters. The van der Waals surface area contributed by atoms with Crippen molar-refractivity contribution in [2.45, 2.75) is 6.54 Å². The number of hydrogen-bond acceptors (Lipinski definition) is 2. The fraction of sp³-hybridized carbons (Fsp3) is 0.188. The maximum absolute atomic E-state index is 11.7. The Hall–Kier alpha value is -2.01. The molecule has 0 bridgehead atoms. The first-order valence-electron chi connectivity index (χ1n) is 6.86. The van der Waals surface area contributed by atoms with Crippen molar-refractivity contribution in [2.75, 3.05) is 23.3 Å². The monoisotopic (exact) mass is 345 g/mol. The van der Waals surface area contributed by atoms with E-state index in [1.807, 2.05) is 36.4 Å². The topological polar surface area (TPSA) is 44.4 Å². The van der Waals surface area contributed by atoms with Crippen LogP contribution in [0.2, 0.25) is 0 Å². The SMILES string of the molecule is O=C1NCCN1c1cccc(NCc2cccc(Br)c2)c1. The van der Waals surface area contributed by atoms with E-state index in [1.165, 1.54) is 5.56 Å². The predicted molar refractivity (Wildman–Crippen MR) is 88.7 cm³/mol. The Morgan fingerprint density at radius 2 is 2.05 bits per heavy atom. The Balaban J connectivity index is 1.70. The summed E-state index contributed by atoms with van der Waals surface area (Å²) in [5, 5.41) is 6.20. The molecule has 2 aromatic carbocycles. The number of carbonyl (C=O) groups is 1. The lowest BCUT2D eigenvalue weighted by molar-refractivity contribution is 0.252. The molecular weight excluding hydrogens is 330 g/mol. The molecule has 0 unspecified atom stereocenters. The number of benzene rings is 2. The maximum atomic E-state index is 11.7. The summed E-state index contributed by atoms with van der Waals surface area (Å²) in [4.78, 5) is 13.4. The normalized spacial score (nSPS) is 14.1. The second-order valence-corrected chi connectivity index (χ2v) is 5.83. The number of nitrogens with one attached hydrogen (secondary N) is 2. The zero-order valence-electron chi connectivity index (χ0n) is 11.5. The third-order valence-electron chi connectivity index (χ3n) is 3.40. The predicted octanol–water partition coefficient (Wildman–Crippen LogP) is 3.59. The Bertz CT molecular complexity index is 659. The summed E-state index contributed by atoms with van der Waals surface area (Å²) >= 11 is 3.47. The van der Waals surface area contributed by atoms with E-state index in [2.05, 4.69) is 38.7 Å². The molecule has 1 heterocycles. The van der Waals surface area contributed by atoms with Gasteiger partial charge in [0, 0.05) is 35.5 Å². The number of rotatable bonds is 4. The van der Waals surface area contributed by atoms with E-state index in [1.54, 1.807) is 4.90 Å². The summed E-state index contributed by atoms with van der Waals surface area (Å²) in [6.07, 6.45) is 0. The van der Waals surface area contributed by atoms with Gasteiger partial charge in [0.05, 0.1) is 0 Å². The highest BCUT2D eigenvalue weighted by Gasteiger charge is 2.20. The van der Waals surface area contributed by atoms with Crippen LogP contribution < -0.4 is 15.5 Å². The molecule has 0 aliphatic carbocycles. The van der Waals surface area contributed by atoms with Gasteiger partial charge in [-0.25, -0.2) is 4.79 Å². The van der Waals surface area contributed by atoms with E-state index >= 15 is 0 Å². The minimum atomic E-state index is -0.0286. The summed E-state index contributed by atoms with van der Waals surface area (Å²) in [7, 11) is 0. The lowest BCUT2D eigenvalue weighted by Crippen LogP contribution is -2.27. The molecule has 1 aliphatic heterocycles. The Morgan fingerprint density at radius 3 is 2.81 bits per heavy atom. The molecule has 1 aliphatic rings. The molecule has 21 heavy (non-hydrogen) atoms. The Kier molecular flexibility index (Phi) is 4.10. The largest absolute Gasteiger partial charge is 0.381 e. The van der Waals surface area contributed by atoms with Crippen molar-refractivity contribution < 1.29 is 4.79 Å². The molecule has 4 nitrogen and oxygen atoms in total. The highest BCUT2D eigenvalue weighted by molar-refractivity contribution is 9.10. The average Bonchev–Trinajstić information content (AvgIpc) is 2.92. The summed E-state index contributed by atoms with van der Waals surface area (Å²) in [5.41, 5.74) is 3.13. The second kappa shape index (κ2) is 6.18. The van der Waals surface area contributed by atoms with Gasteiger partial charge in [0.15, 0.2) is 0 Å². The Morgan fingerprint density at radius 1 is 1.19 bits per heavy atom. The second-order valence-electron chi connectivity index (χ2n) is 4.92. The standard InChI is InChI=1S/C16H16BrN3O/c17-13-4-1-3-12(9-13)11-19-14-5-2-6-15(10-14)20-8-7-18-16(20)21/h1-6,9-10,19H,7-8,11H2,(H,18,21). The van der Waals surface area contributed by atoms with E-state index in [0.717, 1.165) is 22.4 Å².